The number of halogens is 5. The van der Waals surface area contributed by atoms with E-state index in [0.717, 1.165) is 24.3 Å². The number of para-hydroxylation sites is 1. The predicted molar refractivity (Wildman–Crippen MR) is 104 cm³/mol. The molecule has 4 rings (SSSR count). The molecule has 0 aliphatic heterocycles. The summed E-state index contributed by atoms with van der Waals surface area (Å²) in [6.45, 7) is -0.126. The molecule has 0 aliphatic carbocycles. The van der Waals surface area contributed by atoms with E-state index in [0.29, 0.717) is 5.52 Å². The van der Waals surface area contributed by atoms with Crippen molar-refractivity contribution in [2.45, 2.75) is 12.9 Å². The Morgan fingerprint density at radius 3 is 2.45 bits per heavy atom. The van der Waals surface area contributed by atoms with Gasteiger partial charge in [-0.2, -0.15) is 5.10 Å². The number of aromatic nitrogens is 2. The molecule has 0 atom stereocenters. The zero-order valence-corrected chi connectivity index (χ0v) is 15.7. The summed E-state index contributed by atoms with van der Waals surface area (Å²) in [6.07, 6.45) is -4.89. The molecule has 1 aromatic heterocycles. The number of hydrogen-bond acceptors (Lipinski definition) is 3. The first-order chi connectivity index (χ1) is 14.7. The second kappa shape index (κ2) is 7.82. The Morgan fingerprint density at radius 1 is 0.935 bits per heavy atom. The zero-order valence-electron chi connectivity index (χ0n) is 15.7. The molecular weight excluding hydrogens is 419 g/mol. The highest BCUT2D eigenvalue weighted by molar-refractivity contribution is 5.82. The van der Waals surface area contributed by atoms with E-state index < -0.39 is 29.2 Å². The normalized spacial score (nSPS) is 11.6. The van der Waals surface area contributed by atoms with Crippen LogP contribution in [-0.4, -0.2) is 16.1 Å². The fourth-order valence-corrected chi connectivity index (χ4v) is 3.20. The highest BCUT2D eigenvalue weighted by Gasteiger charge is 2.31. The van der Waals surface area contributed by atoms with Gasteiger partial charge in [0, 0.05) is 22.6 Å². The molecule has 0 saturated heterocycles. The Labute approximate surface area is 172 Å². The van der Waals surface area contributed by atoms with Gasteiger partial charge in [-0.3, -0.25) is 9.48 Å². The minimum absolute atomic E-state index is 0.103. The lowest BCUT2D eigenvalue weighted by Gasteiger charge is -2.14. The number of benzene rings is 3. The lowest BCUT2D eigenvalue weighted by Crippen LogP contribution is -2.18. The van der Waals surface area contributed by atoms with Crippen LogP contribution in [0.3, 0.4) is 0 Å². The van der Waals surface area contributed by atoms with Crippen LogP contribution >= 0.6 is 0 Å². The highest BCUT2D eigenvalue weighted by Crippen LogP contribution is 2.27. The van der Waals surface area contributed by atoms with Crippen LogP contribution in [-0.2, 0) is 6.54 Å². The molecule has 0 unspecified atom stereocenters. The average molecular weight is 432 g/mol. The SMILES string of the molecule is O=c1c(-c2cccc(OC(F)(F)F)c2)nn(Cc2ccc(F)cc2F)c2ccccc12. The van der Waals surface area contributed by atoms with Crippen molar-refractivity contribution in [3.63, 3.8) is 0 Å². The van der Waals surface area contributed by atoms with Gasteiger partial charge in [-0.25, -0.2) is 8.78 Å². The van der Waals surface area contributed by atoms with Gasteiger partial charge in [0.15, 0.2) is 0 Å². The van der Waals surface area contributed by atoms with Crippen LogP contribution in [0.1, 0.15) is 5.56 Å². The van der Waals surface area contributed by atoms with Gasteiger partial charge in [0.25, 0.3) is 0 Å². The fourth-order valence-electron chi connectivity index (χ4n) is 3.20. The van der Waals surface area contributed by atoms with Crippen LogP contribution in [0.5, 0.6) is 5.75 Å². The molecule has 9 heteroatoms. The summed E-state index contributed by atoms with van der Waals surface area (Å²) in [5.41, 5.74) is -0.0132. The van der Waals surface area contributed by atoms with Crippen molar-refractivity contribution in [3.05, 3.63) is 94.2 Å². The summed E-state index contributed by atoms with van der Waals surface area (Å²) >= 11 is 0. The highest BCUT2D eigenvalue weighted by atomic mass is 19.4. The van der Waals surface area contributed by atoms with E-state index in [4.69, 9.17) is 0 Å². The number of nitrogens with zero attached hydrogens (tertiary/aromatic N) is 2. The summed E-state index contributed by atoms with van der Waals surface area (Å²) in [5.74, 6) is -2.02. The molecule has 0 N–H and O–H groups in total. The van der Waals surface area contributed by atoms with E-state index in [1.165, 1.54) is 28.9 Å². The molecule has 0 bridgehead atoms. The smallest absolute Gasteiger partial charge is 0.406 e. The third-order valence-corrected chi connectivity index (χ3v) is 4.54. The minimum atomic E-state index is -4.89. The van der Waals surface area contributed by atoms with E-state index in [1.807, 2.05) is 0 Å². The van der Waals surface area contributed by atoms with Crippen molar-refractivity contribution >= 4 is 10.9 Å². The van der Waals surface area contributed by atoms with E-state index >= 15 is 0 Å². The van der Waals surface area contributed by atoms with E-state index in [-0.39, 0.29) is 28.8 Å². The van der Waals surface area contributed by atoms with Crippen LogP contribution in [0.25, 0.3) is 22.2 Å². The Morgan fingerprint density at radius 2 is 1.71 bits per heavy atom. The minimum Gasteiger partial charge on any atom is -0.406 e. The largest absolute Gasteiger partial charge is 0.573 e. The van der Waals surface area contributed by atoms with Crippen LogP contribution in [0.15, 0.2) is 71.5 Å². The number of alkyl halides is 3. The van der Waals surface area contributed by atoms with Gasteiger partial charge in [0.2, 0.25) is 5.43 Å². The Balaban J connectivity index is 1.87. The quantitative estimate of drug-likeness (QED) is 0.412. The topological polar surface area (TPSA) is 44.1 Å². The van der Waals surface area contributed by atoms with Gasteiger partial charge < -0.3 is 4.74 Å². The van der Waals surface area contributed by atoms with Gasteiger partial charge in [-0.05, 0) is 30.3 Å². The van der Waals surface area contributed by atoms with Crippen LogP contribution in [0, 0.1) is 11.6 Å². The molecule has 0 radical (unpaired) electrons. The van der Waals surface area contributed by atoms with Gasteiger partial charge in [-0.1, -0.05) is 30.3 Å². The molecule has 0 spiro atoms. The molecule has 0 fully saturated rings. The molecule has 0 aliphatic rings. The Bertz CT molecular complexity index is 1330. The van der Waals surface area contributed by atoms with Crippen LogP contribution in [0.4, 0.5) is 22.0 Å². The maximum Gasteiger partial charge on any atom is 0.573 e. The number of ether oxygens (including phenoxy) is 1. The zero-order chi connectivity index (χ0) is 22.2. The first-order valence-corrected chi connectivity index (χ1v) is 9.01. The van der Waals surface area contributed by atoms with E-state index in [2.05, 4.69) is 9.84 Å². The predicted octanol–water partition coefficient (Wildman–Crippen LogP) is 5.29. The van der Waals surface area contributed by atoms with E-state index in [9.17, 15) is 26.7 Å². The van der Waals surface area contributed by atoms with Gasteiger partial charge in [-0.15, -0.1) is 13.2 Å². The summed E-state index contributed by atoms with van der Waals surface area (Å²) < 4.78 is 70.4. The summed E-state index contributed by atoms with van der Waals surface area (Å²) in [5, 5.41) is 4.52. The van der Waals surface area contributed by atoms with E-state index in [1.54, 1.807) is 18.2 Å². The van der Waals surface area contributed by atoms with Crippen molar-refractivity contribution in [3.8, 4) is 17.0 Å². The Kier molecular flexibility index (Phi) is 5.18. The second-order valence-corrected chi connectivity index (χ2v) is 6.66. The van der Waals surface area contributed by atoms with Crippen molar-refractivity contribution in [1.29, 1.82) is 0 Å². The number of fused-ring (bicyclic) bond motifs is 1. The van der Waals surface area contributed by atoms with Crippen molar-refractivity contribution in [1.82, 2.24) is 9.78 Å². The van der Waals surface area contributed by atoms with Crippen LogP contribution in [0.2, 0.25) is 0 Å². The third-order valence-electron chi connectivity index (χ3n) is 4.54. The second-order valence-electron chi connectivity index (χ2n) is 6.66. The maximum atomic E-state index is 14.2. The van der Waals surface area contributed by atoms with Crippen molar-refractivity contribution < 1.29 is 26.7 Å². The third kappa shape index (κ3) is 4.40. The number of hydrogen-bond donors (Lipinski definition) is 0. The molecule has 0 saturated carbocycles. The lowest BCUT2D eigenvalue weighted by atomic mass is 10.1. The Hall–Kier alpha value is -3.75. The molecule has 4 aromatic rings. The monoisotopic (exact) mass is 432 g/mol. The fraction of sp³-hybridized carbons (Fsp3) is 0.0909. The molecule has 0 amide bonds. The molecule has 31 heavy (non-hydrogen) atoms. The summed E-state index contributed by atoms with van der Waals surface area (Å²) in [7, 11) is 0. The summed E-state index contributed by atoms with van der Waals surface area (Å²) in [4.78, 5) is 13.0. The molecule has 3 aromatic carbocycles. The molecule has 1 heterocycles. The maximum absolute atomic E-state index is 14.2. The van der Waals surface area contributed by atoms with Crippen molar-refractivity contribution in [2.75, 3.05) is 0 Å². The first kappa shape index (κ1) is 20.5. The average Bonchev–Trinajstić information content (AvgIpc) is 2.71. The van der Waals surface area contributed by atoms with Gasteiger partial charge in [0.1, 0.15) is 23.1 Å². The molecule has 4 nitrogen and oxygen atoms in total. The van der Waals surface area contributed by atoms with Crippen LogP contribution < -0.4 is 10.2 Å². The summed E-state index contributed by atoms with van der Waals surface area (Å²) in [6, 6.07) is 14.4. The van der Waals surface area contributed by atoms with Gasteiger partial charge >= 0.3 is 6.36 Å². The van der Waals surface area contributed by atoms with Gasteiger partial charge in [0.05, 0.1) is 12.1 Å². The number of rotatable bonds is 4. The lowest BCUT2D eigenvalue weighted by molar-refractivity contribution is -0.274. The molecule has 158 valence electrons. The molecular formula is C22H13F5N2O2. The first-order valence-electron chi connectivity index (χ1n) is 9.01. The standard InChI is InChI=1S/C22H13F5N2O2/c23-15-9-8-14(18(24)11-15)12-29-19-7-2-1-6-17(19)21(30)20(28-29)13-4-3-5-16(10-13)31-22(25,26)27/h1-11H,12H2. The van der Waals surface area contributed by atoms with Crippen molar-refractivity contribution in [2.24, 2.45) is 0 Å².